The number of nitrogens with zero attached hydrogens (tertiary/aromatic N) is 3. The number of carbonyl (C=O) groups is 1. The van der Waals surface area contributed by atoms with Gasteiger partial charge in [-0.05, 0) is 26.2 Å². The first kappa shape index (κ1) is 17.3. The molecule has 0 saturated carbocycles. The minimum atomic E-state index is -0.133. The zero-order valence-corrected chi connectivity index (χ0v) is 14.0. The van der Waals surface area contributed by atoms with Gasteiger partial charge in [-0.25, -0.2) is 9.97 Å². The lowest BCUT2D eigenvalue weighted by molar-refractivity contribution is -0.148. The molecule has 1 atom stereocenters. The fourth-order valence-electron chi connectivity index (χ4n) is 2.78. The van der Waals surface area contributed by atoms with Crippen LogP contribution in [0.5, 0.6) is 0 Å². The molecule has 1 aliphatic rings. The van der Waals surface area contributed by atoms with Crippen molar-refractivity contribution in [2.45, 2.75) is 39.5 Å². The molecular formula is C16H27N5O2. The number of anilines is 3. The topological polar surface area (TPSA) is 93.4 Å². The maximum absolute atomic E-state index is 12.0. The summed E-state index contributed by atoms with van der Waals surface area (Å²) in [7, 11) is 0. The molecule has 2 rings (SSSR count). The van der Waals surface area contributed by atoms with Gasteiger partial charge in [0.05, 0.1) is 12.5 Å². The third kappa shape index (κ3) is 4.46. The van der Waals surface area contributed by atoms with Gasteiger partial charge in [-0.1, -0.05) is 13.3 Å². The van der Waals surface area contributed by atoms with Crippen LogP contribution in [-0.2, 0) is 9.53 Å². The van der Waals surface area contributed by atoms with Gasteiger partial charge in [-0.3, -0.25) is 4.79 Å². The maximum Gasteiger partial charge on any atom is 0.310 e. The second-order valence-corrected chi connectivity index (χ2v) is 5.78. The van der Waals surface area contributed by atoms with E-state index in [-0.39, 0.29) is 11.9 Å². The van der Waals surface area contributed by atoms with Crippen LogP contribution in [0.1, 0.15) is 39.5 Å². The molecule has 23 heavy (non-hydrogen) atoms. The Balaban J connectivity index is 2.08. The summed E-state index contributed by atoms with van der Waals surface area (Å²) in [5, 5.41) is 3.25. The lowest BCUT2D eigenvalue weighted by Gasteiger charge is -2.33. The molecular weight excluding hydrogens is 294 g/mol. The average molecular weight is 321 g/mol. The molecule has 2 heterocycles. The molecule has 0 bridgehead atoms. The number of nitrogens with one attached hydrogen (secondary N) is 1. The van der Waals surface area contributed by atoms with Crippen molar-refractivity contribution in [2.24, 2.45) is 5.92 Å². The molecule has 0 aliphatic carbocycles. The molecule has 1 fully saturated rings. The van der Waals surface area contributed by atoms with Crippen LogP contribution in [0, 0.1) is 5.92 Å². The second kappa shape index (κ2) is 8.55. The average Bonchev–Trinajstić information content (AvgIpc) is 2.57. The van der Waals surface area contributed by atoms with Gasteiger partial charge >= 0.3 is 5.97 Å². The standard InChI is InChI=1S/C16H27N5O2/c1-3-5-8-18-14-13(17)15(20-11-19-14)21-9-6-7-12(10-21)16(22)23-4-2/h11-12H,3-10,17H2,1-2H3,(H,18,19,20). The summed E-state index contributed by atoms with van der Waals surface area (Å²) in [6.07, 6.45) is 5.47. The summed E-state index contributed by atoms with van der Waals surface area (Å²) in [5.74, 6) is 1.12. The van der Waals surface area contributed by atoms with Crippen molar-refractivity contribution >= 4 is 23.3 Å². The van der Waals surface area contributed by atoms with Crippen molar-refractivity contribution < 1.29 is 9.53 Å². The molecule has 7 nitrogen and oxygen atoms in total. The van der Waals surface area contributed by atoms with Gasteiger partial charge in [-0.15, -0.1) is 0 Å². The number of hydrogen-bond donors (Lipinski definition) is 2. The molecule has 1 unspecified atom stereocenters. The number of esters is 1. The molecule has 0 spiro atoms. The Morgan fingerprint density at radius 3 is 3.04 bits per heavy atom. The second-order valence-electron chi connectivity index (χ2n) is 5.78. The molecule has 7 heteroatoms. The van der Waals surface area contributed by atoms with Crippen molar-refractivity contribution in [3.63, 3.8) is 0 Å². The van der Waals surface area contributed by atoms with Crippen LogP contribution in [0.4, 0.5) is 17.3 Å². The van der Waals surface area contributed by atoms with E-state index in [1.54, 1.807) is 0 Å². The van der Waals surface area contributed by atoms with E-state index in [1.807, 2.05) is 6.92 Å². The molecule has 1 aliphatic heterocycles. The van der Waals surface area contributed by atoms with E-state index >= 15 is 0 Å². The Morgan fingerprint density at radius 2 is 2.30 bits per heavy atom. The minimum Gasteiger partial charge on any atom is -0.466 e. The Hall–Kier alpha value is -2.05. The summed E-state index contributed by atoms with van der Waals surface area (Å²) in [6, 6.07) is 0. The summed E-state index contributed by atoms with van der Waals surface area (Å²) < 4.78 is 5.14. The van der Waals surface area contributed by atoms with Crippen LogP contribution in [-0.4, -0.2) is 42.2 Å². The minimum absolute atomic E-state index is 0.116. The smallest absolute Gasteiger partial charge is 0.310 e. The van der Waals surface area contributed by atoms with E-state index in [1.165, 1.54) is 6.33 Å². The largest absolute Gasteiger partial charge is 0.466 e. The summed E-state index contributed by atoms with van der Waals surface area (Å²) in [6.45, 7) is 6.65. The SMILES string of the molecule is CCCCNc1ncnc(N2CCCC(C(=O)OCC)C2)c1N. The Kier molecular flexibility index (Phi) is 6.43. The number of nitrogen functional groups attached to an aromatic ring is 1. The van der Waals surface area contributed by atoms with E-state index in [2.05, 4.69) is 27.1 Å². The number of carbonyl (C=O) groups excluding carboxylic acids is 1. The number of ether oxygens (including phenoxy) is 1. The highest BCUT2D eigenvalue weighted by molar-refractivity contribution is 5.77. The third-order valence-electron chi connectivity index (χ3n) is 4.03. The maximum atomic E-state index is 12.0. The highest BCUT2D eigenvalue weighted by atomic mass is 16.5. The van der Waals surface area contributed by atoms with Crippen LogP contribution < -0.4 is 16.0 Å². The zero-order chi connectivity index (χ0) is 16.7. The number of aromatic nitrogens is 2. The fraction of sp³-hybridized carbons (Fsp3) is 0.688. The predicted molar refractivity (Wildman–Crippen MR) is 91.4 cm³/mol. The van der Waals surface area contributed by atoms with Gasteiger partial charge in [0.15, 0.2) is 11.6 Å². The summed E-state index contributed by atoms with van der Waals surface area (Å²) in [5.41, 5.74) is 6.78. The lowest BCUT2D eigenvalue weighted by Crippen LogP contribution is -2.40. The Bertz CT molecular complexity index is 523. The van der Waals surface area contributed by atoms with Gasteiger partial charge in [0.25, 0.3) is 0 Å². The number of unbranched alkanes of at least 4 members (excludes halogenated alkanes) is 1. The normalized spacial score (nSPS) is 17.8. The van der Waals surface area contributed by atoms with Gasteiger partial charge < -0.3 is 20.7 Å². The molecule has 0 aromatic carbocycles. The number of rotatable bonds is 7. The predicted octanol–water partition coefficient (Wildman–Crippen LogP) is 2.05. The van der Waals surface area contributed by atoms with Crippen LogP contribution in [0.2, 0.25) is 0 Å². The molecule has 3 N–H and O–H groups in total. The molecule has 0 amide bonds. The molecule has 1 aromatic heterocycles. The lowest BCUT2D eigenvalue weighted by atomic mass is 9.98. The van der Waals surface area contributed by atoms with Crippen LogP contribution in [0.3, 0.4) is 0 Å². The fourth-order valence-corrected chi connectivity index (χ4v) is 2.78. The van der Waals surface area contributed by atoms with Crippen molar-refractivity contribution in [1.82, 2.24) is 9.97 Å². The molecule has 0 radical (unpaired) electrons. The van der Waals surface area contributed by atoms with E-state index in [9.17, 15) is 4.79 Å². The quantitative estimate of drug-likeness (QED) is 0.586. The van der Waals surface area contributed by atoms with E-state index < -0.39 is 0 Å². The monoisotopic (exact) mass is 321 g/mol. The zero-order valence-electron chi connectivity index (χ0n) is 14.0. The van der Waals surface area contributed by atoms with Crippen molar-refractivity contribution in [3.8, 4) is 0 Å². The third-order valence-corrected chi connectivity index (χ3v) is 4.03. The molecule has 128 valence electrons. The Morgan fingerprint density at radius 1 is 1.48 bits per heavy atom. The first-order chi connectivity index (χ1) is 11.2. The highest BCUT2D eigenvalue weighted by Gasteiger charge is 2.28. The van der Waals surface area contributed by atoms with E-state index in [0.717, 1.165) is 38.8 Å². The van der Waals surface area contributed by atoms with Gasteiger partial charge in [0.2, 0.25) is 0 Å². The van der Waals surface area contributed by atoms with Crippen molar-refractivity contribution in [3.05, 3.63) is 6.33 Å². The van der Waals surface area contributed by atoms with Gasteiger partial charge in [0, 0.05) is 19.6 Å². The summed E-state index contributed by atoms with van der Waals surface area (Å²) in [4.78, 5) is 22.6. The van der Waals surface area contributed by atoms with E-state index in [4.69, 9.17) is 10.5 Å². The first-order valence-electron chi connectivity index (χ1n) is 8.43. The van der Waals surface area contributed by atoms with Gasteiger partial charge in [0.1, 0.15) is 12.0 Å². The molecule has 1 aromatic rings. The van der Waals surface area contributed by atoms with Crippen molar-refractivity contribution in [2.75, 3.05) is 42.2 Å². The Labute approximate surface area is 137 Å². The number of piperidine rings is 1. The van der Waals surface area contributed by atoms with Gasteiger partial charge in [-0.2, -0.15) is 0 Å². The highest BCUT2D eigenvalue weighted by Crippen LogP contribution is 2.30. The van der Waals surface area contributed by atoms with Crippen LogP contribution in [0.25, 0.3) is 0 Å². The first-order valence-corrected chi connectivity index (χ1v) is 8.43. The van der Waals surface area contributed by atoms with Crippen LogP contribution in [0.15, 0.2) is 6.33 Å². The van der Waals surface area contributed by atoms with Crippen LogP contribution >= 0.6 is 0 Å². The summed E-state index contributed by atoms with van der Waals surface area (Å²) >= 11 is 0. The van der Waals surface area contributed by atoms with E-state index in [0.29, 0.717) is 30.5 Å². The van der Waals surface area contributed by atoms with Crippen molar-refractivity contribution in [1.29, 1.82) is 0 Å². The number of hydrogen-bond acceptors (Lipinski definition) is 7. The number of nitrogens with two attached hydrogens (primary N) is 1. The molecule has 1 saturated heterocycles.